The van der Waals surface area contributed by atoms with E-state index in [0.29, 0.717) is 0 Å². The molecule has 0 radical (unpaired) electrons. The van der Waals surface area contributed by atoms with Crippen LogP contribution in [0.25, 0.3) is 0 Å². The number of hydrogen-bond acceptors (Lipinski definition) is 4. The number of halogens is 5. The topological polar surface area (TPSA) is 99.1 Å². The van der Waals surface area contributed by atoms with Crippen LogP contribution in [0.3, 0.4) is 0 Å². The molecule has 0 amide bonds. The maximum Gasteiger partial charge on any atom is 0.433 e. The second-order valence-corrected chi connectivity index (χ2v) is 4.95. The molecule has 0 atom stereocenters. The number of sulfonamides is 1. The molecule has 1 aromatic heterocycles. The maximum absolute atomic E-state index is 12.6. The summed E-state index contributed by atoms with van der Waals surface area (Å²) in [7, 11) is -4.64. The van der Waals surface area contributed by atoms with Crippen LogP contribution in [0.1, 0.15) is 23.4 Å². The molecule has 19 heavy (non-hydrogen) atoms. The Kier molecular flexibility index (Phi) is 4.12. The molecule has 0 unspecified atom stereocenters. The Bertz CT molecular complexity index is 585. The van der Waals surface area contributed by atoms with Gasteiger partial charge in [0.05, 0.1) is 4.90 Å². The van der Waals surface area contributed by atoms with Crippen molar-refractivity contribution in [1.82, 2.24) is 4.98 Å². The van der Waals surface area contributed by atoms with Gasteiger partial charge in [0.25, 0.3) is 6.43 Å². The molecule has 0 aliphatic carbocycles. The molecule has 1 rings (SSSR count). The monoisotopic (exact) mass is 305 g/mol. The summed E-state index contributed by atoms with van der Waals surface area (Å²) in [4.78, 5) is 1.61. The Balaban J connectivity index is 3.77. The highest BCUT2D eigenvalue weighted by Crippen LogP contribution is 2.35. The third-order valence-electron chi connectivity index (χ3n) is 2.11. The number of rotatable bonds is 3. The molecule has 1 aromatic rings. The molecule has 4 N–H and O–H groups in total. The van der Waals surface area contributed by atoms with E-state index in [1.54, 1.807) is 0 Å². The zero-order chi connectivity index (χ0) is 15.0. The van der Waals surface area contributed by atoms with E-state index in [9.17, 15) is 30.4 Å². The number of pyridine rings is 1. The minimum Gasteiger partial charge on any atom is -0.326 e. The average molecular weight is 305 g/mol. The minimum atomic E-state index is -5.13. The molecule has 0 spiro atoms. The largest absolute Gasteiger partial charge is 0.433 e. The predicted molar refractivity (Wildman–Crippen MR) is 53.5 cm³/mol. The molecule has 0 aromatic carbocycles. The van der Waals surface area contributed by atoms with E-state index in [0.717, 1.165) is 0 Å². The first-order valence-corrected chi connectivity index (χ1v) is 6.15. The number of aromatic nitrogens is 1. The van der Waals surface area contributed by atoms with E-state index in [-0.39, 0.29) is 6.07 Å². The van der Waals surface area contributed by atoms with Crippen LogP contribution in [0.2, 0.25) is 0 Å². The van der Waals surface area contributed by atoms with Crippen molar-refractivity contribution >= 4 is 10.0 Å². The molecule has 108 valence electrons. The molecule has 0 saturated carbocycles. The van der Waals surface area contributed by atoms with Gasteiger partial charge in [0.1, 0.15) is 5.69 Å². The minimum absolute atomic E-state index is 0.289. The highest BCUT2D eigenvalue weighted by molar-refractivity contribution is 7.89. The molecular formula is C8H8F5N3O2S. The number of primary sulfonamides is 1. The van der Waals surface area contributed by atoms with Crippen LogP contribution in [0.4, 0.5) is 22.0 Å². The second-order valence-electron chi connectivity index (χ2n) is 3.42. The van der Waals surface area contributed by atoms with Crippen molar-refractivity contribution in [3.05, 3.63) is 23.0 Å². The van der Waals surface area contributed by atoms with Gasteiger partial charge in [-0.15, -0.1) is 0 Å². The fraction of sp³-hybridized carbons (Fsp3) is 0.375. The highest BCUT2D eigenvalue weighted by Gasteiger charge is 2.38. The van der Waals surface area contributed by atoms with Crippen LogP contribution in [0.15, 0.2) is 11.0 Å². The van der Waals surface area contributed by atoms with Crippen LogP contribution >= 0.6 is 0 Å². The van der Waals surface area contributed by atoms with Gasteiger partial charge in [-0.25, -0.2) is 27.3 Å². The second kappa shape index (κ2) is 4.98. The zero-order valence-corrected chi connectivity index (χ0v) is 9.89. The van der Waals surface area contributed by atoms with Gasteiger partial charge in [0.2, 0.25) is 10.0 Å². The van der Waals surface area contributed by atoms with E-state index < -0.39 is 51.0 Å². The van der Waals surface area contributed by atoms with Crippen LogP contribution in [0.5, 0.6) is 0 Å². The van der Waals surface area contributed by atoms with Gasteiger partial charge in [-0.1, -0.05) is 0 Å². The first kappa shape index (κ1) is 15.7. The maximum atomic E-state index is 12.6. The summed E-state index contributed by atoms with van der Waals surface area (Å²) in [5.41, 5.74) is 0.958. The van der Waals surface area contributed by atoms with E-state index >= 15 is 0 Å². The molecule has 1 heterocycles. The summed E-state index contributed by atoms with van der Waals surface area (Å²) < 4.78 is 85.1. The van der Waals surface area contributed by atoms with Crippen LogP contribution < -0.4 is 10.9 Å². The Hall–Kier alpha value is -1.33. The summed E-state index contributed by atoms with van der Waals surface area (Å²) in [6.07, 6.45) is -8.51. The zero-order valence-electron chi connectivity index (χ0n) is 9.08. The lowest BCUT2D eigenvalue weighted by Crippen LogP contribution is -2.23. The van der Waals surface area contributed by atoms with Crippen LogP contribution in [0, 0.1) is 0 Å². The Labute approximate surface area is 104 Å². The van der Waals surface area contributed by atoms with E-state index in [4.69, 9.17) is 10.9 Å². The summed E-state index contributed by atoms with van der Waals surface area (Å²) in [6, 6.07) is 0.289. The fourth-order valence-corrected chi connectivity index (χ4v) is 2.17. The SMILES string of the molecule is NCc1c(S(N)(=O)=O)cc(C(F)F)nc1C(F)(F)F. The van der Waals surface area contributed by atoms with Crippen molar-refractivity contribution in [3.8, 4) is 0 Å². The van der Waals surface area contributed by atoms with Gasteiger partial charge in [0.15, 0.2) is 5.69 Å². The smallest absolute Gasteiger partial charge is 0.326 e. The molecule has 0 fully saturated rings. The summed E-state index contributed by atoms with van der Waals surface area (Å²) >= 11 is 0. The normalized spacial score (nSPS) is 13.1. The quantitative estimate of drug-likeness (QED) is 0.818. The lowest BCUT2D eigenvalue weighted by Gasteiger charge is -2.15. The standard InChI is InChI=1S/C8H8F5N3O2S/c9-7(10)4-1-5(19(15,17)18)3(2-14)6(16-4)8(11,12)13/h1,7H,2,14H2,(H2,15,17,18). The average Bonchev–Trinajstić information content (AvgIpc) is 2.24. The Morgan fingerprint density at radius 3 is 2.16 bits per heavy atom. The van der Waals surface area contributed by atoms with Crippen molar-refractivity contribution in [2.45, 2.75) is 24.0 Å². The van der Waals surface area contributed by atoms with Gasteiger partial charge in [-0.05, 0) is 6.07 Å². The van der Waals surface area contributed by atoms with Gasteiger partial charge >= 0.3 is 6.18 Å². The highest BCUT2D eigenvalue weighted by atomic mass is 32.2. The van der Waals surface area contributed by atoms with Crippen molar-refractivity contribution in [2.75, 3.05) is 0 Å². The van der Waals surface area contributed by atoms with Crippen LogP contribution in [-0.2, 0) is 22.7 Å². The molecule has 5 nitrogen and oxygen atoms in total. The van der Waals surface area contributed by atoms with Gasteiger partial charge in [-0.2, -0.15) is 13.2 Å². The summed E-state index contributed by atoms with van der Waals surface area (Å²) in [5, 5.41) is 4.69. The lowest BCUT2D eigenvalue weighted by atomic mass is 10.1. The number of alkyl halides is 5. The molecular weight excluding hydrogens is 297 g/mol. The third kappa shape index (κ3) is 3.36. The molecule has 0 aliphatic heterocycles. The summed E-state index contributed by atoms with van der Waals surface area (Å²) in [5.74, 6) is 0. The van der Waals surface area contributed by atoms with Gasteiger partial charge in [-0.3, -0.25) is 0 Å². The first-order chi connectivity index (χ1) is 8.48. The Morgan fingerprint density at radius 1 is 1.32 bits per heavy atom. The van der Waals surface area contributed by atoms with Crippen molar-refractivity contribution in [1.29, 1.82) is 0 Å². The van der Waals surface area contributed by atoms with E-state index in [1.165, 1.54) is 0 Å². The van der Waals surface area contributed by atoms with Crippen molar-refractivity contribution in [3.63, 3.8) is 0 Å². The Morgan fingerprint density at radius 2 is 1.84 bits per heavy atom. The molecule has 0 bridgehead atoms. The third-order valence-corrected chi connectivity index (χ3v) is 3.08. The first-order valence-electron chi connectivity index (χ1n) is 4.60. The lowest BCUT2D eigenvalue weighted by molar-refractivity contribution is -0.142. The van der Waals surface area contributed by atoms with E-state index in [1.807, 2.05) is 0 Å². The van der Waals surface area contributed by atoms with Gasteiger partial charge < -0.3 is 5.73 Å². The molecule has 0 saturated heterocycles. The van der Waals surface area contributed by atoms with E-state index in [2.05, 4.69) is 4.98 Å². The van der Waals surface area contributed by atoms with Gasteiger partial charge in [0, 0.05) is 12.1 Å². The fourth-order valence-electron chi connectivity index (χ4n) is 1.36. The van der Waals surface area contributed by atoms with Crippen molar-refractivity contribution in [2.24, 2.45) is 10.9 Å². The summed E-state index contributed by atoms with van der Waals surface area (Å²) in [6.45, 7) is -0.864. The predicted octanol–water partition coefficient (Wildman–Crippen LogP) is 1.14. The molecule has 11 heteroatoms. The number of nitrogens with zero attached hydrogens (tertiary/aromatic N) is 1. The number of hydrogen-bond donors (Lipinski definition) is 2. The molecule has 0 aliphatic rings. The van der Waals surface area contributed by atoms with Crippen molar-refractivity contribution < 1.29 is 30.4 Å². The number of nitrogens with two attached hydrogens (primary N) is 2. The van der Waals surface area contributed by atoms with Crippen LogP contribution in [-0.4, -0.2) is 13.4 Å².